The Balaban J connectivity index is 1.50. The lowest BCUT2D eigenvalue weighted by molar-refractivity contribution is 0.0146. The summed E-state index contributed by atoms with van der Waals surface area (Å²) < 4.78 is 9.30. The van der Waals surface area contributed by atoms with Crippen LogP contribution < -0.4 is 0 Å². The number of hydrogen-bond donors (Lipinski definition) is 0. The molecule has 2 fully saturated rings. The topological polar surface area (TPSA) is 58.6 Å². The van der Waals surface area contributed by atoms with Crippen LogP contribution in [0.1, 0.15) is 41.0 Å². The third-order valence-electron chi connectivity index (χ3n) is 4.92. The first-order chi connectivity index (χ1) is 10.7. The summed E-state index contributed by atoms with van der Waals surface area (Å²) in [6, 6.07) is 0.613. The molecule has 2 aliphatic heterocycles. The van der Waals surface area contributed by atoms with Crippen molar-refractivity contribution in [3.8, 4) is 0 Å². The predicted molar refractivity (Wildman–Crippen MR) is 85.2 cm³/mol. The second-order valence-electron chi connectivity index (χ2n) is 6.18. The van der Waals surface area contributed by atoms with Crippen LogP contribution in [0.15, 0.2) is 0 Å². The molecule has 0 radical (unpaired) electrons. The summed E-state index contributed by atoms with van der Waals surface area (Å²) in [4.78, 5) is 17.7. The first-order valence-electron chi connectivity index (χ1n) is 8.04. The Labute approximate surface area is 135 Å². The Morgan fingerprint density at radius 1 is 1.18 bits per heavy atom. The Morgan fingerprint density at radius 3 is 2.41 bits per heavy atom. The van der Waals surface area contributed by atoms with Gasteiger partial charge in [0.15, 0.2) is 0 Å². The van der Waals surface area contributed by atoms with E-state index in [-0.39, 0.29) is 5.91 Å². The van der Waals surface area contributed by atoms with E-state index in [2.05, 4.69) is 14.5 Å². The molecule has 7 heteroatoms. The van der Waals surface area contributed by atoms with Crippen LogP contribution in [0.3, 0.4) is 0 Å². The molecular formula is C15H24N4O2S. The van der Waals surface area contributed by atoms with Gasteiger partial charge in [0.25, 0.3) is 5.91 Å². The maximum Gasteiger partial charge on any atom is 0.267 e. The summed E-state index contributed by atoms with van der Waals surface area (Å²) in [6.07, 6.45) is 4.81. The molecule has 3 rings (SSSR count). The molecular weight excluding hydrogens is 300 g/mol. The third kappa shape index (κ3) is 3.31. The minimum atomic E-state index is 0.101. The second-order valence-corrected chi connectivity index (χ2v) is 6.94. The van der Waals surface area contributed by atoms with Gasteiger partial charge < -0.3 is 14.5 Å². The molecule has 0 saturated carbocycles. The van der Waals surface area contributed by atoms with Crippen molar-refractivity contribution >= 4 is 17.4 Å². The SMILES string of the molecule is COC1CCN(C2CCN(C(=O)c3snnc3C)CC2)CC1. The highest BCUT2D eigenvalue weighted by molar-refractivity contribution is 7.07. The first-order valence-corrected chi connectivity index (χ1v) is 8.81. The zero-order valence-corrected chi connectivity index (χ0v) is 14.1. The molecule has 3 heterocycles. The van der Waals surface area contributed by atoms with Crippen molar-refractivity contribution < 1.29 is 9.53 Å². The van der Waals surface area contributed by atoms with E-state index in [1.807, 2.05) is 11.8 Å². The highest BCUT2D eigenvalue weighted by Crippen LogP contribution is 2.23. The van der Waals surface area contributed by atoms with Gasteiger partial charge in [-0.2, -0.15) is 0 Å². The lowest BCUT2D eigenvalue weighted by atomic mass is 9.98. The maximum atomic E-state index is 12.5. The first kappa shape index (κ1) is 15.8. The van der Waals surface area contributed by atoms with Gasteiger partial charge in [-0.05, 0) is 44.1 Å². The zero-order chi connectivity index (χ0) is 15.5. The number of nitrogens with zero attached hydrogens (tertiary/aromatic N) is 4. The van der Waals surface area contributed by atoms with Crippen LogP contribution in [-0.2, 0) is 4.74 Å². The molecule has 1 aromatic heterocycles. The van der Waals surface area contributed by atoms with Gasteiger partial charge >= 0.3 is 0 Å². The average Bonchev–Trinajstić information content (AvgIpc) is 3.00. The lowest BCUT2D eigenvalue weighted by Crippen LogP contribution is -2.49. The van der Waals surface area contributed by atoms with Crippen LogP contribution >= 0.6 is 11.5 Å². The van der Waals surface area contributed by atoms with E-state index in [1.54, 1.807) is 7.11 Å². The van der Waals surface area contributed by atoms with Gasteiger partial charge in [-0.1, -0.05) is 4.49 Å². The number of carbonyl (C=O) groups is 1. The second kappa shape index (κ2) is 7.02. The fourth-order valence-electron chi connectivity index (χ4n) is 3.48. The summed E-state index contributed by atoms with van der Waals surface area (Å²) >= 11 is 1.21. The van der Waals surface area contributed by atoms with E-state index in [0.29, 0.717) is 17.0 Å². The largest absolute Gasteiger partial charge is 0.381 e. The molecule has 6 nitrogen and oxygen atoms in total. The van der Waals surface area contributed by atoms with E-state index < -0.39 is 0 Å². The molecule has 0 atom stereocenters. The summed E-state index contributed by atoms with van der Waals surface area (Å²) in [6.45, 7) is 5.77. The molecule has 1 amide bonds. The molecule has 0 bridgehead atoms. The highest BCUT2D eigenvalue weighted by Gasteiger charge is 2.30. The van der Waals surface area contributed by atoms with E-state index in [4.69, 9.17) is 4.74 Å². The lowest BCUT2D eigenvalue weighted by Gasteiger charge is -2.41. The number of ether oxygens (including phenoxy) is 1. The molecule has 0 N–H and O–H groups in total. The van der Waals surface area contributed by atoms with Gasteiger partial charge in [0.05, 0.1) is 11.8 Å². The summed E-state index contributed by atoms with van der Waals surface area (Å²) in [7, 11) is 1.81. The number of likely N-dealkylation sites (tertiary alicyclic amines) is 2. The van der Waals surface area contributed by atoms with Crippen LogP contribution in [0.5, 0.6) is 0 Å². The molecule has 0 aromatic carbocycles. The third-order valence-corrected chi connectivity index (χ3v) is 5.74. The van der Waals surface area contributed by atoms with Crippen LogP contribution in [0.25, 0.3) is 0 Å². The fraction of sp³-hybridized carbons (Fsp3) is 0.800. The van der Waals surface area contributed by atoms with E-state index >= 15 is 0 Å². The van der Waals surface area contributed by atoms with Gasteiger partial charge in [0.1, 0.15) is 4.88 Å². The van der Waals surface area contributed by atoms with Crippen molar-refractivity contribution in [3.05, 3.63) is 10.6 Å². The number of aryl methyl sites for hydroxylation is 1. The van der Waals surface area contributed by atoms with Crippen molar-refractivity contribution in [1.82, 2.24) is 19.4 Å². The number of piperidine rings is 2. The molecule has 2 saturated heterocycles. The normalized spacial score (nSPS) is 22.2. The Kier molecular flexibility index (Phi) is 5.05. The Morgan fingerprint density at radius 2 is 1.86 bits per heavy atom. The van der Waals surface area contributed by atoms with Gasteiger partial charge in [0.2, 0.25) is 0 Å². The monoisotopic (exact) mass is 324 g/mol. The number of methoxy groups -OCH3 is 1. The van der Waals surface area contributed by atoms with E-state index in [0.717, 1.165) is 57.6 Å². The Bertz CT molecular complexity index is 505. The van der Waals surface area contributed by atoms with E-state index in [1.165, 1.54) is 11.5 Å². The van der Waals surface area contributed by atoms with Gasteiger partial charge in [-0.3, -0.25) is 4.79 Å². The van der Waals surface area contributed by atoms with Gasteiger partial charge in [0, 0.05) is 39.3 Å². The molecule has 122 valence electrons. The maximum absolute atomic E-state index is 12.5. The number of amides is 1. The average molecular weight is 324 g/mol. The van der Waals surface area contributed by atoms with Crippen molar-refractivity contribution in [2.24, 2.45) is 0 Å². The number of rotatable bonds is 3. The molecule has 22 heavy (non-hydrogen) atoms. The summed E-state index contributed by atoms with van der Waals surface area (Å²) in [5.41, 5.74) is 0.749. The molecule has 2 aliphatic rings. The number of carbonyl (C=O) groups excluding carboxylic acids is 1. The zero-order valence-electron chi connectivity index (χ0n) is 13.3. The Hall–Kier alpha value is -1.05. The summed E-state index contributed by atoms with van der Waals surface area (Å²) in [5, 5.41) is 3.94. The molecule has 1 aromatic rings. The van der Waals surface area contributed by atoms with Crippen molar-refractivity contribution in [1.29, 1.82) is 0 Å². The highest BCUT2D eigenvalue weighted by atomic mass is 32.1. The van der Waals surface area contributed by atoms with Gasteiger partial charge in [-0.25, -0.2) is 0 Å². The molecule has 0 spiro atoms. The van der Waals surface area contributed by atoms with Crippen molar-refractivity contribution in [3.63, 3.8) is 0 Å². The minimum Gasteiger partial charge on any atom is -0.381 e. The minimum absolute atomic E-state index is 0.101. The van der Waals surface area contributed by atoms with Gasteiger partial charge in [-0.15, -0.1) is 5.10 Å². The summed E-state index contributed by atoms with van der Waals surface area (Å²) in [5.74, 6) is 0.101. The number of hydrogen-bond acceptors (Lipinski definition) is 6. The quantitative estimate of drug-likeness (QED) is 0.844. The standard InChI is InChI=1S/C15H24N4O2S/c1-11-14(22-17-16-11)15(20)19-7-3-12(4-8-19)18-9-5-13(21-2)6-10-18/h12-13H,3-10H2,1-2H3. The van der Waals surface area contributed by atoms with E-state index in [9.17, 15) is 4.79 Å². The smallest absolute Gasteiger partial charge is 0.267 e. The molecule has 0 unspecified atom stereocenters. The number of aromatic nitrogens is 2. The van der Waals surface area contributed by atoms with Crippen LogP contribution in [-0.4, -0.2) is 70.7 Å². The molecule has 0 aliphatic carbocycles. The van der Waals surface area contributed by atoms with Crippen LogP contribution in [0.2, 0.25) is 0 Å². The van der Waals surface area contributed by atoms with Crippen LogP contribution in [0, 0.1) is 6.92 Å². The van der Waals surface area contributed by atoms with Crippen LogP contribution in [0.4, 0.5) is 0 Å². The van der Waals surface area contributed by atoms with Crippen molar-refractivity contribution in [2.75, 3.05) is 33.3 Å². The fourth-order valence-corrected chi connectivity index (χ4v) is 4.11. The van der Waals surface area contributed by atoms with Crippen molar-refractivity contribution in [2.45, 2.75) is 44.8 Å². The predicted octanol–water partition coefficient (Wildman–Crippen LogP) is 1.56.